The third-order valence-corrected chi connectivity index (χ3v) is 8.41. The molecule has 0 radical (unpaired) electrons. The van der Waals surface area contributed by atoms with Crippen LogP contribution < -0.4 is 0 Å². The maximum Gasteiger partial charge on any atom is 0.306 e. The van der Waals surface area contributed by atoms with E-state index >= 15 is 0 Å². The van der Waals surface area contributed by atoms with E-state index in [4.69, 9.17) is 14.2 Å². The standard InChI is InChI=1S/C47H76O6/c1-4-7-10-13-16-17-18-19-20-21-22-23-24-25-26-27-28-29-30-31-32-35-37-40-46(49)52-43-44(53-47(50)41-38-34-15-12-9-6-3)42-51-45(48)39-36-33-14-11-8-5-2/h7,10,16-17,19-20,22-23,25-26,28-29,31-32,44H,4-6,8-9,11-15,18,21,24,27,30,33-43H2,1-3H3/b10-7-,17-16-,20-19-,23-22-,26-25-,29-28-,32-31-. The van der Waals surface area contributed by atoms with Crippen LogP contribution in [0.2, 0.25) is 0 Å². The lowest BCUT2D eigenvalue weighted by atomic mass is 10.1. The van der Waals surface area contributed by atoms with Crippen LogP contribution in [0.5, 0.6) is 0 Å². The fourth-order valence-electron chi connectivity index (χ4n) is 5.25. The molecule has 0 fully saturated rings. The van der Waals surface area contributed by atoms with Gasteiger partial charge in [0.2, 0.25) is 0 Å². The van der Waals surface area contributed by atoms with Crippen molar-refractivity contribution in [2.45, 2.75) is 181 Å². The Morgan fingerprint density at radius 1 is 0.396 bits per heavy atom. The largest absolute Gasteiger partial charge is 0.462 e. The van der Waals surface area contributed by atoms with Crippen LogP contribution in [-0.2, 0) is 28.6 Å². The van der Waals surface area contributed by atoms with E-state index in [-0.39, 0.29) is 37.5 Å². The Bertz CT molecular complexity index is 1080. The van der Waals surface area contributed by atoms with Crippen LogP contribution in [0.3, 0.4) is 0 Å². The summed E-state index contributed by atoms with van der Waals surface area (Å²) in [5.41, 5.74) is 0. The Labute approximate surface area is 325 Å². The summed E-state index contributed by atoms with van der Waals surface area (Å²) in [6.07, 6.45) is 51.9. The van der Waals surface area contributed by atoms with Crippen molar-refractivity contribution in [2.75, 3.05) is 13.2 Å². The van der Waals surface area contributed by atoms with Gasteiger partial charge in [-0.25, -0.2) is 0 Å². The average molecular weight is 737 g/mol. The molecule has 0 rings (SSSR count). The maximum atomic E-state index is 12.5. The van der Waals surface area contributed by atoms with E-state index < -0.39 is 6.10 Å². The SMILES string of the molecule is CC/C=C\C/C=C\C/C=C\C/C=C\C/C=C\C/C=C\C/C=C\CCCC(=O)OCC(COC(=O)CCCCCCCC)OC(=O)CCCCCCCC. The minimum Gasteiger partial charge on any atom is -0.462 e. The molecule has 0 aromatic rings. The molecule has 0 amide bonds. The lowest BCUT2D eigenvalue weighted by Crippen LogP contribution is -2.30. The Morgan fingerprint density at radius 2 is 0.736 bits per heavy atom. The second-order valence-corrected chi connectivity index (χ2v) is 13.5. The highest BCUT2D eigenvalue weighted by molar-refractivity contribution is 5.71. The fraction of sp³-hybridized carbons (Fsp3) is 0.638. The van der Waals surface area contributed by atoms with Crippen LogP contribution in [0, 0.1) is 0 Å². The number of hydrogen-bond acceptors (Lipinski definition) is 6. The quantitative estimate of drug-likeness (QED) is 0.0276. The van der Waals surface area contributed by atoms with E-state index in [2.05, 4.69) is 106 Å². The van der Waals surface area contributed by atoms with Crippen LogP contribution in [0.25, 0.3) is 0 Å². The Morgan fingerprint density at radius 3 is 1.15 bits per heavy atom. The monoisotopic (exact) mass is 737 g/mol. The molecule has 1 unspecified atom stereocenters. The molecule has 300 valence electrons. The van der Waals surface area contributed by atoms with Gasteiger partial charge in [-0.1, -0.05) is 170 Å². The van der Waals surface area contributed by atoms with Crippen molar-refractivity contribution in [1.29, 1.82) is 0 Å². The molecule has 0 N–H and O–H groups in total. The second kappa shape index (κ2) is 41.3. The van der Waals surface area contributed by atoms with E-state index in [0.29, 0.717) is 19.3 Å². The van der Waals surface area contributed by atoms with Crippen LogP contribution >= 0.6 is 0 Å². The van der Waals surface area contributed by atoms with Crippen LogP contribution in [0.4, 0.5) is 0 Å². The van der Waals surface area contributed by atoms with Crippen molar-refractivity contribution in [3.8, 4) is 0 Å². The fourth-order valence-corrected chi connectivity index (χ4v) is 5.25. The molecule has 0 bridgehead atoms. The molecule has 0 heterocycles. The number of carbonyl (C=O) groups excluding carboxylic acids is 3. The third-order valence-electron chi connectivity index (χ3n) is 8.41. The number of ether oxygens (including phenoxy) is 3. The second-order valence-electron chi connectivity index (χ2n) is 13.5. The molecule has 0 saturated carbocycles. The Balaban J connectivity index is 4.25. The molecule has 0 aliphatic rings. The number of esters is 3. The summed E-state index contributed by atoms with van der Waals surface area (Å²) in [6, 6.07) is 0. The minimum atomic E-state index is -0.790. The predicted molar refractivity (Wildman–Crippen MR) is 224 cm³/mol. The topological polar surface area (TPSA) is 78.9 Å². The van der Waals surface area contributed by atoms with Gasteiger partial charge in [-0.2, -0.15) is 0 Å². The van der Waals surface area contributed by atoms with Crippen LogP contribution in [-0.4, -0.2) is 37.2 Å². The number of unbranched alkanes of at least 4 members (excludes halogenated alkanes) is 11. The molecule has 0 spiro atoms. The molecule has 6 nitrogen and oxygen atoms in total. The zero-order valence-corrected chi connectivity index (χ0v) is 34.0. The lowest BCUT2D eigenvalue weighted by molar-refractivity contribution is -0.167. The van der Waals surface area contributed by atoms with Gasteiger partial charge in [0, 0.05) is 19.3 Å². The van der Waals surface area contributed by atoms with Gasteiger partial charge in [0.15, 0.2) is 6.10 Å². The summed E-state index contributed by atoms with van der Waals surface area (Å²) >= 11 is 0. The molecule has 1 atom stereocenters. The Kier molecular flexibility index (Phi) is 38.7. The molecule has 0 aromatic heterocycles. The van der Waals surface area contributed by atoms with Crippen LogP contribution in [0.15, 0.2) is 85.1 Å². The lowest BCUT2D eigenvalue weighted by Gasteiger charge is -2.18. The zero-order chi connectivity index (χ0) is 38.7. The summed E-state index contributed by atoms with van der Waals surface area (Å²) in [5, 5.41) is 0. The number of rotatable bonds is 36. The first-order chi connectivity index (χ1) is 26.0. The first-order valence-electron chi connectivity index (χ1n) is 21.1. The highest BCUT2D eigenvalue weighted by Gasteiger charge is 2.19. The van der Waals surface area contributed by atoms with Gasteiger partial charge < -0.3 is 14.2 Å². The molecule has 6 heteroatoms. The van der Waals surface area contributed by atoms with E-state index in [1.165, 1.54) is 38.5 Å². The van der Waals surface area contributed by atoms with Crippen molar-refractivity contribution < 1.29 is 28.6 Å². The summed E-state index contributed by atoms with van der Waals surface area (Å²) < 4.78 is 16.4. The third kappa shape index (κ3) is 39.6. The van der Waals surface area contributed by atoms with E-state index in [0.717, 1.165) is 89.9 Å². The van der Waals surface area contributed by atoms with Crippen molar-refractivity contribution in [3.63, 3.8) is 0 Å². The van der Waals surface area contributed by atoms with Gasteiger partial charge in [0.05, 0.1) is 0 Å². The van der Waals surface area contributed by atoms with Gasteiger partial charge in [-0.3, -0.25) is 14.4 Å². The molecule has 0 aliphatic carbocycles. The molecular formula is C47H76O6. The smallest absolute Gasteiger partial charge is 0.306 e. The van der Waals surface area contributed by atoms with Crippen molar-refractivity contribution in [1.82, 2.24) is 0 Å². The Hall–Kier alpha value is -3.41. The normalized spacial score (nSPS) is 12.9. The molecular weight excluding hydrogens is 661 g/mol. The average Bonchev–Trinajstić information content (AvgIpc) is 3.15. The summed E-state index contributed by atoms with van der Waals surface area (Å²) in [6.45, 7) is 6.31. The van der Waals surface area contributed by atoms with Gasteiger partial charge in [0.25, 0.3) is 0 Å². The zero-order valence-electron chi connectivity index (χ0n) is 34.0. The maximum absolute atomic E-state index is 12.5. The first kappa shape index (κ1) is 49.6. The van der Waals surface area contributed by atoms with Gasteiger partial charge in [0.1, 0.15) is 13.2 Å². The molecule has 53 heavy (non-hydrogen) atoms. The molecule has 0 aromatic carbocycles. The van der Waals surface area contributed by atoms with Crippen molar-refractivity contribution in [3.05, 3.63) is 85.1 Å². The highest BCUT2D eigenvalue weighted by atomic mass is 16.6. The van der Waals surface area contributed by atoms with E-state index in [9.17, 15) is 14.4 Å². The first-order valence-corrected chi connectivity index (χ1v) is 21.1. The van der Waals surface area contributed by atoms with Gasteiger partial charge in [-0.05, 0) is 70.6 Å². The molecule has 0 aliphatic heterocycles. The highest BCUT2D eigenvalue weighted by Crippen LogP contribution is 2.11. The minimum absolute atomic E-state index is 0.0957. The summed E-state index contributed by atoms with van der Waals surface area (Å²) in [4.78, 5) is 37.2. The number of carbonyl (C=O) groups is 3. The number of allylic oxidation sites excluding steroid dienone is 14. The van der Waals surface area contributed by atoms with Gasteiger partial charge in [-0.15, -0.1) is 0 Å². The van der Waals surface area contributed by atoms with Crippen LogP contribution in [0.1, 0.15) is 175 Å². The molecule has 0 saturated heterocycles. The van der Waals surface area contributed by atoms with Gasteiger partial charge >= 0.3 is 17.9 Å². The van der Waals surface area contributed by atoms with E-state index in [1.54, 1.807) is 0 Å². The van der Waals surface area contributed by atoms with E-state index in [1.807, 2.05) is 0 Å². The predicted octanol–water partition coefficient (Wildman–Crippen LogP) is 13.3. The number of hydrogen-bond donors (Lipinski definition) is 0. The summed E-state index contributed by atoms with van der Waals surface area (Å²) in [7, 11) is 0. The van der Waals surface area contributed by atoms with Crippen molar-refractivity contribution >= 4 is 17.9 Å². The van der Waals surface area contributed by atoms with Crippen molar-refractivity contribution in [2.24, 2.45) is 0 Å². The summed E-state index contributed by atoms with van der Waals surface area (Å²) in [5.74, 6) is -0.990.